The molecule has 0 atom stereocenters. The van der Waals surface area contributed by atoms with E-state index in [9.17, 15) is 4.79 Å². The van der Waals surface area contributed by atoms with Crippen molar-refractivity contribution in [3.05, 3.63) is 22.3 Å². The molecular weight excluding hydrogens is 332 g/mol. The van der Waals surface area contributed by atoms with Crippen molar-refractivity contribution in [1.82, 2.24) is 19.7 Å². The Balaban J connectivity index is 2.18. The summed E-state index contributed by atoms with van der Waals surface area (Å²) in [6.45, 7) is 6.15. The minimum Gasteiger partial charge on any atom is -0.383 e. The summed E-state index contributed by atoms with van der Waals surface area (Å²) in [5, 5.41) is 9.01. The monoisotopic (exact) mass is 354 g/mol. The van der Waals surface area contributed by atoms with Crippen LogP contribution in [0, 0.1) is 10.7 Å². The van der Waals surface area contributed by atoms with Crippen molar-refractivity contribution in [3.8, 4) is 10.7 Å². The normalized spacial score (nSPS) is 11.1. The zero-order valence-electron chi connectivity index (χ0n) is 13.6. The van der Waals surface area contributed by atoms with Gasteiger partial charge in [-0.2, -0.15) is 5.10 Å². The molecule has 0 radical (unpaired) electrons. The van der Waals surface area contributed by atoms with Crippen LogP contribution in [0.5, 0.6) is 0 Å². The van der Waals surface area contributed by atoms with Crippen molar-refractivity contribution in [2.75, 3.05) is 26.8 Å². The highest BCUT2D eigenvalue weighted by Crippen LogP contribution is 2.22. The van der Waals surface area contributed by atoms with Gasteiger partial charge in [-0.3, -0.25) is 14.5 Å². The van der Waals surface area contributed by atoms with E-state index in [4.69, 9.17) is 17.0 Å². The first-order valence-corrected chi connectivity index (χ1v) is 8.77. The van der Waals surface area contributed by atoms with Crippen LogP contribution in [-0.2, 0) is 16.1 Å². The van der Waals surface area contributed by atoms with Gasteiger partial charge < -0.3 is 9.64 Å². The molecule has 0 fully saturated rings. The number of amides is 1. The number of aromatic nitrogens is 3. The van der Waals surface area contributed by atoms with Gasteiger partial charge in [-0.05, 0) is 29.6 Å². The second-order valence-electron chi connectivity index (χ2n) is 5.64. The van der Waals surface area contributed by atoms with Gasteiger partial charge in [0.05, 0.1) is 11.5 Å². The fourth-order valence-corrected chi connectivity index (χ4v) is 3.17. The van der Waals surface area contributed by atoms with E-state index in [2.05, 4.69) is 24.0 Å². The predicted octanol–water partition coefficient (Wildman–Crippen LogP) is 2.80. The van der Waals surface area contributed by atoms with Crippen molar-refractivity contribution in [2.24, 2.45) is 5.92 Å². The van der Waals surface area contributed by atoms with E-state index in [1.54, 1.807) is 23.0 Å². The van der Waals surface area contributed by atoms with Crippen LogP contribution in [0.1, 0.15) is 13.8 Å². The summed E-state index contributed by atoms with van der Waals surface area (Å²) in [5.74, 6) is 1.12. The van der Waals surface area contributed by atoms with Gasteiger partial charge in [-0.25, -0.2) is 0 Å². The maximum atomic E-state index is 12.7. The number of methoxy groups -OCH3 is 1. The van der Waals surface area contributed by atoms with Crippen LogP contribution >= 0.6 is 23.6 Å². The number of carbonyl (C=O) groups is 1. The Hall–Kier alpha value is -1.51. The van der Waals surface area contributed by atoms with E-state index in [-0.39, 0.29) is 12.5 Å². The van der Waals surface area contributed by atoms with Gasteiger partial charge in [0.2, 0.25) is 5.91 Å². The molecule has 1 N–H and O–H groups in total. The van der Waals surface area contributed by atoms with Crippen LogP contribution in [0.3, 0.4) is 0 Å². The van der Waals surface area contributed by atoms with Crippen LogP contribution in [0.4, 0.5) is 0 Å². The summed E-state index contributed by atoms with van der Waals surface area (Å²) < 4.78 is 7.32. The van der Waals surface area contributed by atoms with Gasteiger partial charge in [0.25, 0.3) is 0 Å². The molecule has 8 heteroatoms. The van der Waals surface area contributed by atoms with E-state index < -0.39 is 0 Å². The highest BCUT2D eigenvalue weighted by molar-refractivity contribution is 7.71. The van der Waals surface area contributed by atoms with Gasteiger partial charge in [-0.15, -0.1) is 11.3 Å². The van der Waals surface area contributed by atoms with E-state index in [0.717, 1.165) is 4.88 Å². The van der Waals surface area contributed by atoms with Gasteiger partial charge in [-0.1, -0.05) is 19.9 Å². The lowest BCUT2D eigenvalue weighted by molar-refractivity contribution is -0.133. The molecule has 1 amide bonds. The third-order valence-corrected chi connectivity index (χ3v) is 4.47. The number of hydrogen-bond acceptors (Lipinski definition) is 5. The third kappa shape index (κ3) is 4.73. The van der Waals surface area contributed by atoms with Crippen molar-refractivity contribution >= 4 is 29.5 Å². The summed E-state index contributed by atoms with van der Waals surface area (Å²) in [4.78, 5) is 15.5. The lowest BCUT2D eigenvalue weighted by atomic mass is 10.2. The number of hydrogen-bond donors (Lipinski definition) is 1. The quantitative estimate of drug-likeness (QED) is 0.741. The predicted molar refractivity (Wildman–Crippen MR) is 94.0 cm³/mol. The number of nitrogens with one attached hydrogen (secondary N) is 1. The molecule has 0 aliphatic carbocycles. The Morgan fingerprint density at radius 1 is 1.57 bits per heavy atom. The van der Waals surface area contributed by atoms with E-state index in [1.165, 1.54) is 0 Å². The fraction of sp³-hybridized carbons (Fsp3) is 0.533. The molecule has 0 saturated carbocycles. The zero-order chi connectivity index (χ0) is 16.8. The zero-order valence-corrected chi connectivity index (χ0v) is 15.2. The SMILES string of the molecule is COCCN(CC(C)C)C(=O)Cn1c(-c2cccs2)n[nH]c1=S. The smallest absolute Gasteiger partial charge is 0.242 e. The summed E-state index contributed by atoms with van der Waals surface area (Å²) >= 11 is 6.85. The molecule has 23 heavy (non-hydrogen) atoms. The maximum Gasteiger partial charge on any atom is 0.242 e. The minimum absolute atomic E-state index is 0.0195. The number of carbonyl (C=O) groups excluding carboxylic acids is 1. The standard InChI is InChI=1S/C15H22N4O2S2/c1-11(2)9-18(6-7-21-3)13(20)10-19-14(16-17-15(19)22)12-5-4-8-23-12/h4-5,8,11H,6-7,9-10H2,1-3H3,(H,17,22). The van der Waals surface area contributed by atoms with Crippen molar-refractivity contribution < 1.29 is 9.53 Å². The topological polar surface area (TPSA) is 63.1 Å². The van der Waals surface area contributed by atoms with Gasteiger partial charge in [0.15, 0.2) is 10.6 Å². The molecule has 2 aromatic rings. The molecule has 2 aromatic heterocycles. The Labute approximate surface area is 145 Å². The molecule has 0 saturated heterocycles. The number of H-pyrrole nitrogens is 1. The largest absolute Gasteiger partial charge is 0.383 e. The second kappa shape index (κ2) is 8.37. The van der Waals surface area contributed by atoms with Gasteiger partial charge >= 0.3 is 0 Å². The number of aromatic amines is 1. The van der Waals surface area contributed by atoms with E-state index in [1.807, 2.05) is 22.4 Å². The Kier molecular flexibility index (Phi) is 6.49. The summed E-state index contributed by atoms with van der Waals surface area (Å²) in [7, 11) is 1.64. The lowest BCUT2D eigenvalue weighted by Gasteiger charge is -2.24. The first kappa shape index (κ1) is 17.8. The molecule has 0 aliphatic heterocycles. The summed E-state index contributed by atoms with van der Waals surface area (Å²) in [6.07, 6.45) is 0. The van der Waals surface area contributed by atoms with Crippen LogP contribution < -0.4 is 0 Å². The Morgan fingerprint density at radius 3 is 2.96 bits per heavy atom. The minimum atomic E-state index is 0.0195. The third-order valence-electron chi connectivity index (χ3n) is 3.30. The first-order valence-electron chi connectivity index (χ1n) is 7.48. The van der Waals surface area contributed by atoms with E-state index >= 15 is 0 Å². The molecule has 2 heterocycles. The molecule has 0 bridgehead atoms. The molecular formula is C15H22N4O2S2. The fourth-order valence-electron chi connectivity index (χ4n) is 2.25. The number of thiophene rings is 1. The summed E-state index contributed by atoms with van der Waals surface area (Å²) in [6, 6.07) is 3.92. The molecule has 0 aliphatic rings. The Bertz CT molecular complexity index is 676. The lowest BCUT2D eigenvalue weighted by Crippen LogP contribution is -2.38. The van der Waals surface area contributed by atoms with Gasteiger partial charge in [0.1, 0.15) is 6.54 Å². The number of nitrogens with zero attached hydrogens (tertiary/aromatic N) is 3. The molecule has 6 nitrogen and oxygen atoms in total. The summed E-state index contributed by atoms with van der Waals surface area (Å²) in [5.41, 5.74) is 0. The number of rotatable bonds is 8. The van der Waals surface area contributed by atoms with Crippen LogP contribution in [0.15, 0.2) is 17.5 Å². The number of ether oxygens (including phenoxy) is 1. The second-order valence-corrected chi connectivity index (χ2v) is 6.98. The molecule has 126 valence electrons. The average molecular weight is 355 g/mol. The maximum absolute atomic E-state index is 12.7. The molecule has 0 aromatic carbocycles. The highest BCUT2D eigenvalue weighted by atomic mass is 32.1. The van der Waals surface area contributed by atoms with Crippen LogP contribution in [0.25, 0.3) is 10.7 Å². The molecule has 0 spiro atoms. The van der Waals surface area contributed by atoms with Crippen LogP contribution in [0.2, 0.25) is 0 Å². The van der Waals surface area contributed by atoms with Gasteiger partial charge in [0, 0.05) is 20.2 Å². The van der Waals surface area contributed by atoms with E-state index in [0.29, 0.717) is 36.2 Å². The molecule has 0 unspecified atom stereocenters. The molecule has 2 rings (SSSR count). The highest BCUT2D eigenvalue weighted by Gasteiger charge is 2.18. The van der Waals surface area contributed by atoms with Crippen molar-refractivity contribution in [3.63, 3.8) is 0 Å². The Morgan fingerprint density at radius 2 is 2.35 bits per heavy atom. The van der Waals surface area contributed by atoms with Crippen molar-refractivity contribution in [1.29, 1.82) is 0 Å². The van der Waals surface area contributed by atoms with Crippen molar-refractivity contribution in [2.45, 2.75) is 20.4 Å². The first-order chi connectivity index (χ1) is 11.0. The average Bonchev–Trinajstić information content (AvgIpc) is 3.14. The van der Waals surface area contributed by atoms with Crippen LogP contribution in [-0.4, -0.2) is 52.4 Å².